The Balaban J connectivity index is 1.70. The summed E-state index contributed by atoms with van der Waals surface area (Å²) in [6.45, 7) is 3.70. The lowest BCUT2D eigenvalue weighted by atomic mass is 10.2. The standard InChI is InChI=1S/C13H19FN2O/c1-16(12-6-7-15-10-12)8-9-17-13-4-2-11(14)3-5-13/h2-5,12,15H,6-10H2,1H3. The molecule has 1 aromatic carbocycles. The van der Waals surface area contributed by atoms with Gasteiger partial charge >= 0.3 is 0 Å². The third kappa shape index (κ3) is 3.68. The second-order valence-electron chi connectivity index (χ2n) is 4.43. The van der Waals surface area contributed by atoms with Crippen molar-refractivity contribution >= 4 is 0 Å². The molecule has 1 N–H and O–H groups in total. The van der Waals surface area contributed by atoms with Gasteiger partial charge in [0.1, 0.15) is 18.2 Å². The van der Waals surface area contributed by atoms with Crippen molar-refractivity contribution in [2.45, 2.75) is 12.5 Å². The van der Waals surface area contributed by atoms with E-state index in [4.69, 9.17) is 4.74 Å². The van der Waals surface area contributed by atoms with Crippen molar-refractivity contribution in [3.63, 3.8) is 0 Å². The maximum absolute atomic E-state index is 12.7. The molecule has 0 bridgehead atoms. The molecule has 94 valence electrons. The molecule has 1 atom stereocenters. The van der Waals surface area contributed by atoms with Crippen LogP contribution in [0.4, 0.5) is 4.39 Å². The molecule has 1 aromatic rings. The molecule has 2 rings (SSSR count). The van der Waals surface area contributed by atoms with E-state index < -0.39 is 0 Å². The van der Waals surface area contributed by atoms with Crippen LogP contribution in [0.15, 0.2) is 24.3 Å². The van der Waals surface area contributed by atoms with E-state index in [0.717, 1.165) is 25.4 Å². The average molecular weight is 238 g/mol. The first-order valence-corrected chi connectivity index (χ1v) is 6.05. The minimum absolute atomic E-state index is 0.230. The first kappa shape index (κ1) is 12.3. The summed E-state index contributed by atoms with van der Waals surface area (Å²) in [6.07, 6.45) is 1.20. The van der Waals surface area contributed by atoms with Crippen molar-refractivity contribution in [2.24, 2.45) is 0 Å². The maximum Gasteiger partial charge on any atom is 0.123 e. The van der Waals surface area contributed by atoms with Crippen molar-refractivity contribution in [1.29, 1.82) is 0 Å². The predicted octanol–water partition coefficient (Wildman–Crippen LogP) is 1.50. The van der Waals surface area contributed by atoms with Gasteiger partial charge < -0.3 is 10.1 Å². The van der Waals surface area contributed by atoms with Gasteiger partial charge in [-0.25, -0.2) is 4.39 Å². The van der Waals surface area contributed by atoms with Gasteiger partial charge in [0.05, 0.1) is 0 Å². The summed E-state index contributed by atoms with van der Waals surface area (Å²) in [4.78, 5) is 2.31. The Labute approximate surface area is 102 Å². The molecule has 1 saturated heterocycles. The lowest BCUT2D eigenvalue weighted by Gasteiger charge is -2.23. The topological polar surface area (TPSA) is 24.5 Å². The highest BCUT2D eigenvalue weighted by Crippen LogP contribution is 2.11. The zero-order valence-electron chi connectivity index (χ0n) is 10.2. The van der Waals surface area contributed by atoms with Crippen LogP contribution in [0.5, 0.6) is 5.75 Å². The largest absolute Gasteiger partial charge is 0.492 e. The zero-order chi connectivity index (χ0) is 12.1. The van der Waals surface area contributed by atoms with Crippen molar-refractivity contribution < 1.29 is 9.13 Å². The molecule has 3 nitrogen and oxygen atoms in total. The number of halogens is 1. The summed E-state index contributed by atoms with van der Waals surface area (Å²) in [5.41, 5.74) is 0. The first-order chi connectivity index (χ1) is 8.25. The smallest absolute Gasteiger partial charge is 0.123 e. The van der Waals surface area contributed by atoms with E-state index in [2.05, 4.69) is 17.3 Å². The van der Waals surface area contributed by atoms with Gasteiger partial charge in [-0.1, -0.05) is 0 Å². The van der Waals surface area contributed by atoms with E-state index in [1.807, 2.05) is 0 Å². The molecule has 1 heterocycles. The lowest BCUT2D eigenvalue weighted by Crippen LogP contribution is -2.36. The fraction of sp³-hybridized carbons (Fsp3) is 0.538. The number of nitrogens with zero attached hydrogens (tertiary/aromatic N) is 1. The Kier molecular flexibility index (Phi) is 4.34. The molecular weight excluding hydrogens is 219 g/mol. The third-order valence-corrected chi connectivity index (χ3v) is 3.18. The number of hydrogen-bond acceptors (Lipinski definition) is 3. The third-order valence-electron chi connectivity index (χ3n) is 3.18. The van der Waals surface area contributed by atoms with Crippen LogP contribution in [0.2, 0.25) is 0 Å². The van der Waals surface area contributed by atoms with Gasteiger partial charge in [-0.15, -0.1) is 0 Å². The summed E-state index contributed by atoms with van der Waals surface area (Å²) in [7, 11) is 2.12. The van der Waals surface area contributed by atoms with Gasteiger partial charge in [0, 0.05) is 19.1 Å². The van der Waals surface area contributed by atoms with Crippen LogP contribution in [0.3, 0.4) is 0 Å². The van der Waals surface area contributed by atoms with Gasteiger partial charge in [0.25, 0.3) is 0 Å². The maximum atomic E-state index is 12.7. The number of hydrogen-bond donors (Lipinski definition) is 1. The predicted molar refractivity (Wildman–Crippen MR) is 65.8 cm³/mol. The van der Waals surface area contributed by atoms with Crippen LogP contribution in [-0.4, -0.2) is 44.2 Å². The van der Waals surface area contributed by atoms with E-state index in [-0.39, 0.29) is 5.82 Å². The normalized spacial score (nSPS) is 19.8. The van der Waals surface area contributed by atoms with E-state index >= 15 is 0 Å². The van der Waals surface area contributed by atoms with Crippen LogP contribution in [0.25, 0.3) is 0 Å². The number of nitrogens with one attached hydrogen (secondary N) is 1. The van der Waals surface area contributed by atoms with Gasteiger partial charge in [0.15, 0.2) is 0 Å². The molecule has 0 amide bonds. The van der Waals surface area contributed by atoms with E-state index in [0.29, 0.717) is 12.6 Å². The number of ether oxygens (including phenoxy) is 1. The molecule has 0 saturated carbocycles. The van der Waals surface area contributed by atoms with Crippen molar-refractivity contribution in [3.05, 3.63) is 30.1 Å². The number of rotatable bonds is 5. The summed E-state index contributed by atoms with van der Waals surface area (Å²) in [6, 6.07) is 6.77. The second kappa shape index (κ2) is 5.98. The van der Waals surface area contributed by atoms with Gasteiger partial charge in [-0.2, -0.15) is 0 Å². The van der Waals surface area contributed by atoms with Crippen LogP contribution >= 0.6 is 0 Å². The Morgan fingerprint density at radius 1 is 1.41 bits per heavy atom. The molecule has 17 heavy (non-hydrogen) atoms. The second-order valence-corrected chi connectivity index (χ2v) is 4.43. The van der Waals surface area contributed by atoms with Crippen LogP contribution < -0.4 is 10.1 Å². The molecule has 0 aromatic heterocycles. The van der Waals surface area contributed by atoms with Gasteiger partial charge in [-0.05, 0) is 44.3 Å². The highest BCUT2D eigenvalue weighted by Gasteiger charge is 2.18. The minimum Gasteiger partial charge on any atom is -0.492 e. The molecule has 1 unspecified atom stereocenters. The van der Waals surface area contributed by atoms with E-state index in [1.54, 1.807) is 12.1 Å². The molecule has 1 fully saturated rings. The zero-order valence-corrected chi connectivity index (χ0v) is 10.2. The molecule has 0 aliphatic carbocycles. The van der Waals surface area contributed by atoms with Crippen molar-refractivity contribution in [3.8, 4) is 5.75 Å². The summed E-state index contributed by atoms with van der Waals surface area (Å²) in [5, 5.41) is 3.34. The van der Waals surface area contributed by atoms with E-state index in [9.17, 15) is 4.39 Å². The van der Waals surface area contributed by atoms with Crippen LogP contribution in [0, 0.1) is 5.82 Å². The lowest BCUT2D eigenvalue weighted by molar-refractivity contribution is 0.199. The Bertz CT molecular complexity index is 336. The molecular formula is C13H19FN2O. The van der Waals surface area contributed by atoms with Crippen molar-refractivity contribution in [1.82, 2.24) is 10.2 Å². The molecule has 1 aliphatic heterocycles. The van der Waals surface area contributed by atoms with Crippen molar-refractivity contribution in [2.75, 3.05) is 33.3 Å². The first-order valence-electron chi connectivity index (χ1n) is 6.05. The summed E-state index contributed by atoms with van der Waals surface area (Å²) >= 11 is 0. The Morgan fingerprint density at radius 3 is 2.82 bits per heavy atom. The monoisotopic (exact) mass is 238 g/mol. The fourth-order valence-corrected chi connectivity index (χ4v) is 2.04. The van der Waals surface area contributed by atoms with Gasteiger partial charge in [0.2, 0.25) is 0 Å². The highest BCUT2D eigenvalue weighted by atomic mass is 19.1. The molecule has 0 radical (unpaired) electrons. The molecule has 4 heteroatoms. The highest BCUT2D eigenvalue weighted by molar-refractivity contribution is 5.21. The quantitative estimate of drug-likeness (QED) is 0.841. The van der Waals surface area contributed by atoms with Crippen LogP contribution in [-0.2, 0) is 0 Å². The van der Waals surface area contributed by atoms with E-state index in [1.165, 1.54) is 18.6 Å². The number of likely N-dealkylation sites (N-methyl/N-ethyl adjacent to an activating group) is 1. The Hall–Kier alpha value is -1.13. The average Bonchev–Trinajstić information content (AvgIpc) is 2.85. The fourth-order valence-electron chi connectivity index (χ4n) is 2.04. The minimum atomic E-state index is -0.230. The SMILES string of the molecule is CN(CCOc1ccc(F)cc1)C1CCNC1. The number of benzene rings is 1. The summed E-state index contributed by atoms with van der Waals surface area (Å²) < 4.78 is 18.2. The van der Waals surface area contributed by atoms with Gasteiger partial charge in [-0.3, -0.25) is 4.90 Å². The molecule has 1 aliphatic rings. The Morgan fingerprint density at radius 2 is 2.18 bits per heavy atom. The van der Waals surface area contributed by atoms with Crippen LogP contribution in [0.1, 0.15) is 6.42 Å². The summed E-state index contributed by atoms with van der Waals surface area (Å²) in [5.74, 6) is 0.496. The molecule has 0 spiro atoms.